The van der Waals surface area contributed by atoms with E-state index in [1.54, 1.807) is 0 Å². The average Bonchev–Trinajstić information content (AvgIpc) is 2.10. The molecule has 0 N–H and O–H groups in total. The van der Waals surface area contributed by atoms with Crippen molar-refractivity contribution in [3.05, 3.63) is 21.6 Å². The molecule has 0 aliphatic heterocycles. The molecule has 0 aliphatic rings. The Morgan fingerprint density at radius 3 is 2.67 bits per heavy atom. The molecule has 0 atom stereocenters. The van der Waals surface area contributed by atoms with Crippen molar-refractivity contribution in [2.24, 2.45) is 0 Å². The Bertz CT molecular complexity index is 260. The zero-order valence-electron chi connectivity index (χ0n) is 4.68. The number of aryl methyl sites for hydroxylation is 1. The summed E-state index contributed by atoms with van der Waals surface area (Å²) < 4.78 is 0. The molecular formula is C5H3ClN2S. The van der Waals surface area contributed by atoms with Gasteiger partial charge in [-0.25, -0.2) is 9.83 Å². The van der Waals surface area contributed by atoms with Crippen molar-refractivity contribution in [1.82, 2.24) is 4.98 Å². The van der Waals surface area contributed by atoms with Gasteiger partial charge in [0.2, 0.25) is 0 Å². The lowest BCUT2D eigenvalue weighted by Gasteiger charge is -1.72. The number of thiazole rings is 1. The van der Waals surface area contributed by atoms with Crippen molar-refractivity contribution in [3.63, 3.8) is 0 Å². The molecule has 0 radical (unpaired) electrons. The van der Waals surface area contributed by atoms with E-state index < -0.39 is 0 Å². The van der Waals surface area contributed by atoms with Gasteiger partial charge in [0.15, 0.2) is 0 Å². The first-order chi connectivity index (χ1) is 4.24. The number of nitrogens with zero attached hydrogens (tertiary/aromatic N) is 2. The Morgan fingerprint density at radius 2 is 2.44 bits per heavy atom. The molecule has 4 heteroatoms. The first-order valence-electron chi connectivity index (χ1n) is 2.24. The van der Waals surface area contributed by atoms with Crippen molar-refractivity contribution in [1.29, 1.82) is 0 Å². The number of rotatable bonds is 0. The summed E-state index contributed by atoms with van der Waals surface area (Å²) in [5.41, 5.74) is 0. The van der Waals surface area contributed by atoms with E-state index >= 15 is 0 Å². The fourth-order valence-corrected chi connectivity index (χ4v) is 1.39. The van der Waals surface area contributed by atoms with Crippen LogP contribution in [0.1, 0.15) is 5.01 Å². The molecule has 0 spiro atoms. The van der Waals surface area contributed by atoms with Crippen LogP contribution in [-0.2, 0) is 0 Å². The van der Waals surface area contributed by atoms with Gasteiger partial charge in [0.1, 0.15) is 5.15 Å². The maximum Gasteiger partial charge on any atom is 0.279 e. The second-order valence-electron chi connectivity index (χ2n) is 1.44. The maximum atomic E-state index is 6.61. The standard InChI is InChI=1S/C5H3ClN2S/c1-3-8-4(6)5(7-2)9-3/h1H3. The predicted octanol–water partition coefficient (Wildman–Crippen LogP) is 2.66. The Hall–Kier alpha value is -0.590. The first kappa shape index (κ1) is 6.53. The highest BCUT2D eigenvalue weighted by Gasteiger charge is 2.03. The minimum absolute atomic E-state index is 0.326. The lowest BCUT2D eigenvalue weighted by atomic mass is 10.8. The summed E-state index contributed by atoms with van der Waals surface area (Å²) in [6.45, 7) is 8.43. The van der Waals surface area contributed by atoms with Crippen LogP contribution in [0.4, 0.5) is 5.00 Å². The number of halogens is 1. The predicted molar refractivity (Wildman–Crippen MR) is 38.1 cm³/mol. The molecule has 0 aromatic carbocycles. The molecule has 1 aromatic heterocycles. The highest BCUT2D eigenvalue weighted by molar-refractivity contribution is 7.16. The normalized spacial score (nSPS) is 9.00. The molecule has 0 unspecified atom stereocenters. The molecule has 0 amide bonds. The Balaban J connectivity index is 3.20. The molecule has 9 heavy (non-hydrogen) atoms. The van der Waals surface area contributed by atoms with E-state index in [-0.39, 0.29) is 0 Å². The van der Waals surface area contributed by atoms with E-state index in [0.717, 1.165) is 5.01 Å². The van der Waals surface area contributed by atoms with Crippen LogP contribution < -0.4 is 0 Å². The summed E-state index contributed by atoms with van der Waals surface area (Å²) in [5, 5.41) is 1.65. The smallest absolute Gasteiger partial charge is 0.243 e. The molecule has 1 heterocycles. The van der Waals surface area contributed by atoms with Gasteiger partial charge < -0.3 is 0 Å². The van der Waals surface area contributed by atoms with Gasteiger partial charge in [0.05, 0.1) is 11.6 Å². The van der Waals surface area contributed by atoms with Gasteiger partial charge in [-0.2, -0.15) is 0 Å². The van der Waals surface area contributed by atoms with Crippen molar-refractivity contribution in [3.8, 4) is 0 Å². The quantitative estimate of drug-likeness (QED) is 0.531. The SMILES string of the molecule is [C-]#[N+]c1sc(C)nc1Cl. The van der Waals surface area contributed by atoms with Crippen molar-refractivity contribution in [2.45, 2.75) is 6.92 Å². The highest BCUT2D eigenvalue weighted by atomic mass is 35.5. The molecular weight excluding hydrogens is 156 g/mol. The van der Waals surface area contributed by atoms with Crippen LogP contribution in [0.25, 0.3) is 4.85 Å². The number of aromatic nitrogens is 1. The zero-order valence-corrected chi connectivity index (χ0v) is 6.25. The summed E-state index contributed by atoms with van der Waals surface area (Å²) in [6.07, 6.45) is 0. The van der Waals surface area contributed by atoms with E-state index in [9.17, 15) is 0 Å². The van der Waals surface area contributed by atoms with Crippen molar-refractivity contribution >= 4 is 27.9 Å². The molecule has 46 valence electrons. The molecule has 1 rings (SSSR count). The van der Waals surface area contributed by atoms with Crippen LogP contribution in [-0.4, -0.2) is 4.98 Å². The van der Waals surface area contributed by atoms with Gasteiger partial charge in [-0.15, -0.1) is 11.3 Å². The Labute approximate surface area is 61.9 Å². The first-order valence-corrected chi connectivity index (χ1v) is 3.44. The number of hydrogen-bond acceptors (Lipinski definition) is 2. The number of hydrogen-bond donors (Lipinski definition) is 0. The van der Waals surface area contributed by atoms with Gasteiger partial charge in [-0.1, -0.05) is 11.6 Å². The zero-order chi connectivity index (χ0) is 6.85. The Kier molecular flexibility index (Phi) is 1.70. The lowest BCUT2D eigenvalue weighted by Crippen LogP contribution is -1.62. The summed E-state index contributed by atoms with van der Waals surface area (Å²) in [5.74, 6) is 0. The van der Waals surface area contributed by atoms with Gasteiger partial charge >= 0.3 is 0 Å². The van der Waals surface area contributed by atoms with E-state index in [0.29, 0.717) is 10.2 Å². The van der Waals surface area contributed by atoms with Crippen LogP contribution in [0.5, 0.6) is 0 Å². The van der Waals surface area contributed by atoms with Crippen molar-refractivity contribution in [2.75, 3.05) is 0 Å². The third-order valence-electron chi connectivity index (χ3n) is 0.778. The third kappa shape index (κ3) is 1.21. The monoisotopic (exact) mass is 158 g/mol. The molecule has 0 bridgehead atoms. The molecule has 0 fully saturated rings. The summed E-state index contributed by atoms with van der Waals surface area (Å²) in [4.78, 5) is 7.02. The topological polar surface area (TPSA) is 17.2 Å². The summed E-state index contributed by atoms with van der Waals surface area (Å²) in [7, 11) is 0. The van der Waals surface area contributed by atoms with Gasteiger partial charge in [0, 0.05) is 0 Å². The van der Waals surface area contributed by atoms with Gasteiger partial charge in [-0.05, 0) is 6.92 Å². The Morgan fingerprint density at radius 1 is 1.78 bits per heavy atom. The largest absolute Gasteiger partial charge is 0.279 e. The third-order valence-corrected chi connectivity index (χ3v) is 2.02. The average molecular weight is 159 g/mol. The second kappa shape index (κ2) is 2.34. The fourth-order valence-electron chi connectivity index (χ4n) is 0.460. The van der Waals surface area contributed by atoms with Crippen LogP contribution in [0, 0.1) is 13.5 Å². The van der Waals surface area contributed by atoms with Gasteiger partial charge in [0.25, 0.3) is 5.00 Å². The minimum atomic E-state index is 0.326. The molecule has 2 nitrogen and oxygen atoms in total. The molecule has 1 aromatic rings. The molecule has 0 saturated heterocycles. The van der Waals surface area contributed by atoms with Crippen LogP contribution in [0.2, 0.25) is 5.15 Å². The highest BCUT2D eigenvalue weighted by Crippen LogP contribution is 2.30. The lowest BCUT2D eigenvalue weighted by molar-refractivity contribution is 1.30. The van der Waals surface area contributed by atoms with E-state index in [1.165, 1.54) is 11.3 Å². The summed E-state index contributed by atoms with van der Waals surface area (Å²) >= 11 is 6.85. The second-order valence-corrected chi connectivity index (χ2v) is 2.98. The fraction of sp³-hybridized carbons (Fsp3) is 0.200. The van der Waals surface area contributed by atoms with Gasteiger partial charge in [-0.3, -0.25) is 0 Å². The molecule has 0 saturated carbocycles. The van der Waals surface area contributed by atoms with Crippen LogP contribution >= 0.6 is 22.9 Å². The summed E-state index contributed by atoms with van der Waals surface area (Å²) in [6, 6.07) is 0. The van der Waals surface area contributed by atoms with Crippen LogP contribution in [0.3, 0.4) is 0 Å². The van der Waals surface area contributed by atoms with E-state index in [2.05, 4.69) is 9.83 Å². The molecule has 0 aliphatic carbocycles. The maximum absolute atomic E-state index is 6.61. The minimum Gasteiger partial charge on any atom is -0.243 e. The van der Waals surface area contributed by atoms with E-state index in [4.69, 9.17) is 18.2 Å². The van der Waals surface area contributed by atoms with Crippen LogP contribution in [0.15, 0.2) is 0 Å². The van der Waals surface area contributed by atoms with E-state index in [1.807, 2.05) is 6.92 Å². The van der Waals surface area contributed by atoms with Crippen molar-refractivity contribution < 1.29 is 0 Å².